The summed E-state index contributed by atoms with van der Waals surface area (Å²) in [5.41, 5.74) is 1.08. The Morgan fingerprint density at radius 2 is 1.92 bits per heavy atom. The van der Waals surface area contributed by atoms with Gasteiger partial charge in [0.15, 0.2) is 6.61 Å². The third-order valence-corrected chi connectivity index (χ3v) is 4.21. The van der Waals surface area contributed by atoms with E-state index in [2.05, 4.69) is 10.3 Å². The first-order chi connectivity index (χ1) is 12.2. The summed E-state index contributed by atoms with van der Waals surface area (Å²) < 4.78 is 5.37. The quantitative estimate of drug-likeness (QED) is 0.873. The second-order valence-electron chi connectivity index (χ2n) is 5.90. The van der Waals surface area contributed by atoms with Crippen molar-refractivity contribution in [1.82, 2.24) is 15.2 Å². The Morgan fingerprint density at radius 1 is 1.16 bits per heavy atom. The summed E-state index contributed by atoms with van der Waals surface area (Å²) in [6.07, 6.45) is 5.36. The van der Waals surface area contributed by atoms with Gasteiger partial charge in [0.1, 0.15) is 5.75 Å². The van der Waals surface area contributed by atoms with Crippen LogP contribution < -0.4 is 10.1 Å². The standard InChI is InChI=1S/C19H21N3O3/c23-18(14-25-16-5-2-1-3-6-16)21-13-19(24)22-12-4-7-17(22)15-8-10-20-11-9-15/h1-3,5-6,8-11,17H,4,7,12-14H2,(H,21,23)/t17-/m1/s1. The summed E-state index contributed by atoms with van der Waals surface area (Å²) in [5, 5.41) is 2.63. The van der Waals surface area contributed by atoms with Gasteiger partial charge in [0.2, 0.25) is 5.91 Å². The van der Waals surface area contributed by atoms with Gasteiger partial charge in [-0.15, -0.1) is 0 Å². The van der Waals surface area contributed by atoms with Crippen molar-refractivity contribution in [3.63, 3.8) is 0 Å². The molecule has 2 heterocycles. The molecule has 1 atom stereocenters. The molecule has 2 aromatic rings. The van der Waals surface area contributed by atoms with Crippen LogP contribution in [0.1, 0.15) is 24.4 Å². The first-order valence-corrected chi connectivity index (χ1v) is 8.38. The highest BCUT2D eigenvalue weighted by Crippen LogP contribution is 2.31. The highest BCUT2D eigenvalue weighted by molar-refractivity contribution is 5.85. The SMILES string of the molecule is O=C(COc1ccccc1)NCC(=O)N1CCC[C@@H]1c1ccncc1. The van der Waals surface area contributed by atoms with Crippen LogP contribution in [0.5, 0.6) is 5.75 Å². The second-order valence-corrected chi connectivity index (χ2v) is 5.90. The highest BCUT2D eigenvalue weighted by Gasteiger charge is 2.29. The van der Waals surface area contributed by atoms with Gasteiger partial charge in [0, 0.05) is 18.9 Å². The van der Waals surface area contributed by atoms with Crippen LogP contribution >= 0.6 is 0 Å². The number of para-hydroxylation sites is 1. The lowest BCUT2D eigenvalue weighted by Crippen LogP contribution is -2.41. The zero-order chi connectivity index (χ0) is 17.5. The summed E-state index contributed by atoms with van der Waals surface area (Å²) >= 11 is 0. The van der Waals surface area contributed by atoms with Crippen LogP contribution in [0, 0.1) is 0 Å². The minimum Gasteiger partial charge on any atom is -0.484 e. The second kappa shape index (κ2) is 8.28. The van der Waals surface area contributed by atoms with E-state index in [9.17, 15) is 9.59 Å². The molecule has 1 saturated heterocycles. The Hall–Kier alpha value is -2.89. The summed E-state index contributed by atoms with van der Waals surface area (Å²) in [6, 6.07) is 13.0. The van der Waals surface area contributed by atoms with E-state index >= 15 is 0 Å². The van der Waals surface area contributed by atoms with Gasteiger partial charge >= 0.3 is 0 Å². The molecule has 0 radical (unpaired) electrons. The Labute approximate surface area is 146 Å². The summed E-state index contributed by atoms with van der Waals surface area (Å²) in [4.78, 5) is 30.2. The molecule has 6 nitrogen and oxygen atoms in total. The zero-order valence-electron chi connectivity index (χ0n) is 13.9. The number of rotatable bonds is 6. The maximum Gasteiger partial charge on any atom is 0.258 e. The van der Waals surface area contributed by atoms with E-state index in [4.69, 9.17) is 4.74 Å². The predicted molar refractivity (Wildman–Crippen MR) is 92.9 cm³/mol. The molecule has 3 rings (SSSR count). The number of ether oxygens (including phenoxy) is 1. The van der Waals surface area contributed by atoms with E-state index in [-0.39, 0.29) is 31.0 Å². The lowest BCUT2D eigenvalue weighted by molar-refractivity contribution is -0.134. The number of nitrogens with zero attached hydrogens (tertiary/aromatic N) is 2. The molecule has 0 saturated carbocycles. The average molecular weight is 339 g/mol. The maximum absolute atomic E-state index is 12.5. The molecule has 0 spiro atoms. The molecule has 1 N–H and O–H groups in total. The first kappa shape index (κ1) is 17.0. The number of pyridine rings is 1. The molecule has 1 aliphatic rings. The van der Waals surface area contributed by atoms with Crippen LogP contribution in [0.25, 0.3) is 0 Å². The van der Waals surface area contributed by atoms with E-state index < -0.39 is 0 Å². The molecule has 25 heavy (non-hydrogen) atoms. The van der Waals surface area contributed by atoms with Gasteiger partial charge in [0.05, 0.1) is 12.6 Å². The Kier molecular flexibility index (Phi) is 5.61. The van der Waals surface area contributed by atoms with Crippen molar-refractivity contribution in [2.75, 3.05) is 19.7 Å². The number of aromatic nitrogens is 1. The molecule has 1 aromatic heterocycles. The predicted octanol–water partition coefficient (Wildman–Crippen LogP) is 1.94. The Balaban J connectivity index is 1.47. The van der Waals surface area contributed by atoms with Gasteiger partial charge in [-0.05, 0) is 42.7 Å². The number of likely N-dealkylation sites (tertiary alicyclic amines) is 1. The number of hydrogen-bond acceptors (Lipinski definition) is 4. The van der Waals surface area contributed by atoms with Crippen LogP contribution in [0.15, 0.2) is 54.9 Å². The molecule has 6 heteroatoms. The lowest BCUT2D eigenvalue weighted by Gasteiger charge is -2.25. The third-order valence-electron chi connectivity index (χ3n) is 4.21. The third kappa shape index (κ3) is 4.56. The maximum atomic E-state index is 12.5. The van der Waals surface area contributed by atoms with Gasteiger partial charge in [0.25, 0.3) is 5.91 Å². The van der Waals surface area contributed by atoms with E-state index in [0.717, 1.165) is 18.4 Å². The van der Waals surface area contributed by atoms with Crippen LogP contribution in [0.4, 0.5) is 0 Å². The number of amides is 2. The Morgan fingerprint density at radius 3 is 2.68 bits per heavy atom. The molecular formula is C19H21N3O3. The number of benzene rings is 1. The fourth-order valence-electron chi connectivity index (χ4n) is 2.99. The Bertz CT molecular complexity index is 706. The van der Waals surface area contributed by atoms with Gasteiger partial charge in [-0.1, -0.05) is 18.2 Å². The van der Waals surface area contributed by atoms with Crippen LogP contribution in [-0.4, -0.2) is 41.4 Å². The summed E-state index contributed by atoms with van der Waals surface area (Å²) in [6.45, 7) is 0.589. The molecule has 1 aliphatic heterocycles. The zero-order valence-corrected chi connectivity index (χ0v) is 13.9. The molecule has 130 valence electrons. The van der Waals surface area contributed by atoms with Crippen molar-refractivity contribution < 1.29 is 14.3 Å². The van der Waals surface area contributed by atoms with Crippen molar-refractivity contribution in [2.24, 2.45) is 0 Å². The van der Waals surface area contributed by atoms with E-state index in [1.165, 1.54) is 0 Å². The van der Waals surface area contributed by atoms with Crippen molar-refractivity contribution >= 4 is 11.8 Å². The molecule has 0 unspecified atom stereocenters. The van der Waals surface area contributed by atoms with Gasteiger partial charge in [-0.25, -0.2) is 0 Å². The first-order valence-electron chi connectivity index (χ1n) is 8.38. The van der Waals surface area contributed by atoms with Crippen molar-refractivity contribution in [1.29, 1.82) is 0 Å². The molecule has 0 aliphatic carbocycles. The van der Waals surface area contributed by atoms with Crippen LogP contribution in [-0.2, 0) is 9.59 Å². The van der Waals surface area contributed by atoms with E-state index in [0.29, 0.717) is 12.3 Å². The lowest BCUT2D eigenvalue weighted by atomic mass is 10.1. The number of carbonyl (C=O) groups is 2. The van der Waals surface area contributed by atoms with Crippen LogP contribution in [0.3, 0.4) is 0 Å². The van der Waals surface area contributed by atoms with Crippen molar-refractivity contribution in [3.05, 3.63) is 60.4 Å². The minimum atomic E-state index is -0.308. The van der Waals surface area contributed by atoms with E-state index in [1.807, 2.05) is 35.2 Å². The number of hydrogen-bond donors (Lipinski definition) is 1. The highest BCUT2D eigenvalue weighted by atomic mass is 16.5. The smallest absolute Gasteiger partial charge is 0.258 e. The monoisotopic (exact) mass is 339 g/mol. The van der Waals surface area contributed by atoms with Crippen molar-refractivity contribution in [3.8, 4) is 5.75 Å². The van der Waals surface area contributed by atoms with E-state index in [1.54, 1.807) is 24.5 Å². The van der Waals surface area contributed by atoms with Gasteiger partial charge in [-0.2, -0.15) is 0 Å². The molecule has 1 fully saturated rings. The molecular weight excluding hydrogens is 318 g/mol. The van der Waals surface area contributed by atoms with Gasteiger partial charge in [-0.3, -0.25) is 14.6 Å². The number of nitrogens with one attached hydrogen (secondary N) is 1. The van der Waals surface area contributed by atoms with Crippen LogP contribution in [0.2, 0.25) is 0 Å². The van der Waals surface area contributed by atoms with Gasteiger partial charge < -0.3 is 15.0 Å². The largest absolute Gasteiger partial charge is 0.484 e. The normalized spacial score (nSPS) is 16.5. The summed E-state index contributed by atoms with van der Waals surface area (Å²) in [7, 11) is 0. The minimum absolute atomic E-state index is 0.0153. The fourth-order valence-corrected chi connectivity index (χ4v) is 2.99. The molecule has 2 amide bonds. The topological polar surface area (TPSA) is 71.5 Å². The number of carbonyl (C=O) groups excluding carboxylic acids is 2. The molecule has 0 bridgehead atoms. The average Bonchev–Trinajstić information content (AvgIpc) is 3.16. The fraction of sp³-hybridized carbons (Fsp3) is 0.316. The summed E-state index contributed by atoms with van der Waals surface area (Å²) in [5.74, 6) is 0.241. The molecule has 1 aromatic carbocycles. The van der Waals surface area contributed by atoms with Crippen molar-refractivity contribution in [2.45, 2.75) is 18.9 Å².